The van der Waals surface area contributed by atoms with E-state index in [4.69, 9.17) is 0 Å². The lowest BCUT2D eigenvalue weighted by atomic mass is 10.1. The number of halogens is 1. The number of aliphatic hydroxyl groups excluding tert-OH is 1. The highest BCUT2D eigenvalue weighted by atomic mass is 19.1. The molecule has 27 heavy (non-hydrogen) atoms. The first-order chi connectivity index (χ1) is 13.1. The molecule has 4 rings (SSSR count). The maximum Gasteiger partial charge on any atom is 0.254 e. The molecular weight excluding hydrogens is 349 g/mol. The maximum atomic E-state index is 13.0. The summed E-state index contributed by atoms with van der Waals surface area (Å²) in [6, 6.07) is 5.56. The SMILES string of the molecule is O=C(N[C@@H]1CC(Cn2ccnc2)C[C@H]1O)c1cnn(-c2ccc(F)cc2)c1. The molecule has 1 unspecified atom stereocenters. The van der Waals surface area contributed by atoms with Crippen molar-refractivity contribution in [1.82, 2.24) is 24.6 Å². The zero-order chi connectivity index (χ0) is 18.8. The third-order valence-corrected chi connectivity index (χ3v) is 4.91. The highest BCUT2D eigenvalue weighted by molar-refractivity contribution is 5.94. The minimum Gasteiger partial charge on any atom is -0.391 e. The van der Waals surface area contributed by atoms with E-state index in [1.165, 1.54) is 23.0 Å². The number of aliphatic hydroxyl groups is 1. The molecule has 3 aromatic rings. The Morgan fingerprint density at radius 1 is 1.30 bits per heavy atom. The Kier molecular flexibility index (Phi) is 4.72. The van der Waals surface area contributed by atoms with Gasteiger partial charge in [-0.05, 0) is 43.0 Å². The van der Waals surface area contributed by atoms with Gasteiger partial charge in [-0.1, -0.05) is 0 Å². The topological polar surface area (TPSA) is 85.0 Å². The predicted molar refractivity (Wildman–Crippen MR) is 95.7 cm³/mol. The fourth-order valence-corrected chi connectivity index (χ4v) is 3.54. The highest BCUT2D eigenvalue weighted by Gasteiger charge is 2.34. The number of rotatable bonds is 5. The first-order valence-corrected chi connectivity index (χ1v) is 8.84. The van der Waals surface area contributed by atoms with Crippen LogP contribution >= 0.6 is 0 Å². The van der Waals surface area contributed by atoms with Crippen molar-refractivity contribution in [3.63, 3.8) is 0 Å². The molecule has 1 aliphatic carbocycles. The van der Waals surface area contributed by atoms with Crippen molar-refractivity contribution < 1.29 is 14.3 Å². The molecule has 1 amide bonds. The summed E-state index contributed by atoms with van der Waals surface area (Å²) in [6.45, 7) is 0.770. The molecule has 0 aliphatic heterocycles. The number of nitrogens with one attached hydrogen (secondary N) is 1. The summed E-state index contributed by atoms with van der Waals surface area (Å²) in [5, 5.41) is 17.4. The molecule has 2 aromatic heterocycles. The lowest BCUT2D eigenvalue weighted by molar-refractivity contribution is 0.0873. The van der Waals surface area contributed by atoms with Gasteiger partial charge in [0.05, 0.1) is 35.9 Å². The third kappa shape index (κ3) is 3.90. The van der Waals surface area contributed by atoms with Crippen molar-refractivity contribution in [2.24, 2.45) is 5.92 Å². The number of aromatic nitrogens is 4. The summed E-state index contributed by atoms with van der Waals surface area (Å²) in [6.07, 6.45) is 9.19. The minimum absolute atomic E-state index is 0.279. The molecule has 3 atom stereocenters. The minimum atomic E-state index is -0.574. The Bertz CT molecular complexity index is 907. The summed E-state index contributed by atoms with van der Waals surface area (Å²) < 4.78 is 16.5. The Morgan fingerprint density at radius 3 is 2.85 bits per heavy atom. The van der Waals surface area contributed by atoms with E-state index in [1.54, 1.807) is 30.9 Å². The van der Waals surface area contributed by atoms with Crippen molar-refractivity contribution in [3.05, 3.63) is 66.8 Å². The van der Waals surface area contributed by atoms with Crippen LogP contribution in [0.15, 0.2) is 55.4 Å². The zero-order valence-electron chi connectivity index (χ0n) is 14.6. The monoisotopic (exact) mass is 369 g/mol. The second-order valence-corrected chi connectivity index (χ2v) is 6.89. The smallest absolute Gasteiger partial charge is 0.254 e. The number of amides is 1. The van der Waals surface area contributed by atoms with Crippen LogP contribution in [0.1, 0.15) is 23.2 Å². The van der Waals surface area contributed by atoms with Gasteiger partial charge in [0, 0.05) is 25.1 Å². The van der Waals surface area contributed by atoms with Crippen LogP contribution in [0.3, 0.4) is 0 Å². The van der Waals surface area contributed by atoms with E-state index in [0.29, 0.717) is 24.1 Å². The quantitative estimate of drug-likeness (QED) is 0.718. The molecule has 2 N–H and O–H groups in total. The number of benzene rings is 1. The van der Waals surface area contributed by atoms with Crippen LogP contribution in [0.5, 0.6) is 0 Å². The van der Waals surface area contributed by atoms with Crippen molar-refractivity contribution in [1.29, 1.82) is 0 Å². The van der Waals surface area contributed by atoms with Crippen LogP contribution in [-0.2, 0) is 6.54 Å². The maximum absolute atomic E-state index is 13.0. The van der Waals surface area contributed by atoms with E-state index < -0.39 is 6.10 Å². The van der Waals surface area contributed by atoms with Crippen LogP contribution < -0.4 is 5.32 Å². The fourth-order valence-electron chi connectivity index (χ4n) is 3.54. The molecule has 1 aromatic carbocycles. The van der Waals surface area contributed by atoms with Gasteiger partial charge in [-0.2, -0.15) is 5.10 Å². The summed E-state index contributed by atoms with van der Waals surface area (Å²) in [7, 11) is 0. The molecule has 0 bridgehead atoms. The Hall–Kier alpha value is -3.00. The van der Waals surface area contributed by atoms with E-state index in [1.807, 2.05) is 10.8 Å². The fraction of sp³-hybridized carbons (Fsp3) is 0.316. The van der Waals surface area contributed by atoms with E-state index >= 15 is 0 Å². The van der Waals surface area contributed by atoms with Crippen molar-refractivity contribution in [2.75, 3.05) is 0 Å². The Balaban J connectivity index is 1.38. The Morgan fingerprint density at radius 2 is 2.11 bits per heavy atom. The Labute approximate surface area is 155 Å². The van der Waals surface area contributed by atoms with Crippen LogP contribution in [0.2, 0.25) is 0 Å². The summed E-state index contributed by atoms with van der Waals surface area (Å²) in [4.78, 5) is 16.5. The molecule has 0 radical (unpaired) electrons. The summed E-state index contributed by atoms with van der Waals surface area (Å²) >= 11 is 0. The van der Waals surface area contributed by atoms with Gasteiger partial charge in [0.15, 0.2) is 0 Å². The van der Waals surface area contributed by atoms with Gasteiger partial charge in [-0.25, -0.2) is 14.1 Å². The predicted octanol–water partition coefficient (Wildman–Crippen LogP) is 1.78. The molecule has 1 saturated carbocycles. The van der Waals surface area contributed by atoms with Gasteiger partial charge in [0.2, 0.25) is 0 Å². The number of carbonyl (C=O) groups is 1. The highest BCUT2D eigenvalue weighted by Crippen LogP contribution is 2.27. The van der Waals surface area contributed by atoms with Crippen molar-refractivity contribution in [3.8, 4) is 5.69 Å². The van der Waals surface area contributed by atoms with Crippen molar-refractivity contribution in [2.45, 2.75) is 31.5 Å². The molecule has 8 heteroatoms. The first kappa shape index (κ1) is 17.4. The van der Waals surface area contributed by atoms with Gasteiger partial charge in [0.1, 0.15) is 5.82 Å². The molecule has 1 fully saturated rings. The van der Waals surface area contributed by atoms with E-state index in [0.717, 1.165) is 6.54 Å². The van der Waals surface area contributed by atoms with Gasteiger partial charge in [0.25, 0.3) is 5.91 Å². The summed E-state index contributed by atoms with van der Waals surface area (Å²) in [5.41, 5.74) is 1.06. The second-order valence-electron chi connectivity index (χ2n) is 6.89. The van der Waals surface area contributed by atoms with Crippen LogP contribution in [0.25, 0.3) is 5.69 Å². The molecular formula is C19H20FN5O2. The normalized spacial score (nSPS) is 22.1. The van der Waals surface area contributed by atoms with Crippen LogP contribution in [-0.4, -0.2) is 42.5 Å². The van der Waals surface area contributed by atoms with E-state index in [9.17, 15) is 14.3 Å². The molecule has 140 valence electrons. The average molecular weight is 369 g/mol. The molecule has 1 aliphatic rings. The van der Waals surface area contributed by atoms with Crippen LogP contribution in [0.4, 0.5) is 4.39 Å². The number of imidazole rings is 1. The largest absolute Gasteiger partial charge is 0.391 e. The van der Waals surface area contributed by atoms with E-state index in [2.05, 4.69) is 15.4 Å². The second kappa shape index (κ2) is 7.32. The van der Waals surface area contributed by atoms with Gasteiger partial charge >= 0.3 is 0 Å². The third-order valence-electron chi connectivity index (χ3n) is 4.91. The van der Waals surface area contributed by atoms with Crippen molar-refractivity contribution >= 4 is 5.91 Å². The molecule has 0 saturated heterocycles. The van der Waals surface area contributed by atoms with E-state index in [-0.39, 0.29) is 23.7 Å². The number of nitrogens with zero attached hydrogens (tertiary/aromatic N) is 4. The molecule has 2 heterocycles. The lowest BCUT2D eigenvalue weighted by Crippen LogP contribution is -2.39. The standard InChI is InChI=1S/C19H20FN5O2/c20-15-1-3-16(4-2-15)25-11-14(9-22-25)19(27)23-17-7-13(8-18(17)26)10-24-6-5-21-12-24/h1-6,9,11-13,17-18,26H,7-8,10H2,(H,23,27)/t13?,17-,18-/m1/s1. The number of carbonyl (C=O) groups excluding carboxylic acids is 1. The van der Waals surface area contributed by atoms with Gasteiger partial charge in [-0.15, -0.1) is 0 Å². The molecule has 0 spiro atoms. The number of hydrogen-bond donors (Lipinski definition) is 2. The van der Waals surface area contributed by atoms with Gasteiger partial charge in [-0.3, -0.25) is 4.79 Å². The number of hydrogen-bond acceptors (Lipinski definition) is 4. The first-order valence-electron chi connectivity index (χ1n) is 8.84. The van der Waals surface area contributed by atoms with Crippen LogP contribution in [0, 0.1) is 11.7 Å². The zero-order valence-corrected chi connectivity index (χ0v) is 14.6. The lowest BCUT2D eigenvalue weighted by Gasteiger charge is -2.15. The van der Waals surface area contributed by atoms with Gasteiger partial charge < -0.3 is 15.0 Å². The molecule has 7 nitrogen and oxygen atoms in total. The average Bonchev–Trinajstić information content (AvgIpc) is 3.38. The summed E-state index contributed by atoms with van der Waals surface area (Å²) in [5.74, 6) is -0.332.